The van der Waals surface area contributed by atoms with Crippen molar-refractivity contribution in [2.24, 2.45) is 4.99 Å². The zero-order valence-corrected chi connectivity index (χ0v) is 16.6. The average Bonchev–Trinajstić information content (AvgIpc) is 2.71. The van der Waals surface area contributed by atoms with Gasteiger partial charge in [-0.15, -0.1) is 0 Å². The molecule has 0 saturated heterocycles. The fourth-order valence-electron chi connectivity index (χ4n) is 2.73. The van der Waals surface area contributed by atoms with Gasteiger partial charge in [0.2, 0.25) is 0 Å². The Labute approximate surface area is 167 Å². The predicted molar refractivity (Wildman–Crippen MR) is 114 cm³/mol. The summed E-state index contributed by atoms with van der Waals surface area (Å²) in [5.41, 5.74) is 2.62. The molecule has 2 aromatic rings. The van der Waals surface area contributed by atoms with Crippen LogP contribution >= 0.6 is 0 Å². The maximum atomic E-state index is 12.1. The number of hydrogen-bond donors (Lipinski definition) is 4. The highest BCUT2D eigenvalue weighted by atomic mass is 16.3. The van der Waals surface area contributed by atoms with Crippen LogP contribution in [0, 0.1) is 6.92 Å². The second-order valence-electron chi connectivity index (χ2n) is 6.53. The minimum Gasteiger partial charge on any atom is -0.388 e. The molecule has 6 heteroatoms. The van der Waals surface area contributed by atoms with Gasteiger partial charge in [0.15, 0.2) is 5.96 Å². The van der Waals surface area contributed by atoms with Gasteiger partial charge in [-0.25, -0.2) is 0 Å². The van der Waals surface area contributed by atoms with E-state index in [0.29, 0.717) is 37.6 Å². The lowest BCUT2D eigenvalue weighted by Crippen LogP contribution is -2.41. The van der Waals surface area contributed by atoms with Crippen molar-refractivity contribution in [1.29, 1.82) is 0 Å². The molecule has 0 fully saturated rings. The number of aliphatic hydroxyl groups is 1. The highest BCUT2D eigenvalue weighted by Crippen LogP contribution is 2.15. The summed E-state index contributed by atoms with van der Waals surface area (Å²) < 4.78 is 0. The van der Waals surface area contributed by atoms with E-state index in [0.717, 1.165) is 17.7 Å². The zero-order chi connectivity index (χ0) is 20.2. The lowest BCUT2D eigenvalue weighted by atomic mass is 10.1. The Morgan fingerprint density at radius 1 is 1.04 bits per heavy atom. The number of rotatable bonds is 9. The number of aryl methyl sites for hydroxylation is 1. The van der Waals surface area contributed by atoms with Crippen LogP contribution in [0.2, 0.25) is 0 Å². The molecule has 0 aliphatic heterocycles. The SMILES string of the molecule is CCNC(=NCCC(O)c1ccccc1)NCCNC(=O)c1cccc(C)c1. The van der Waals surface area contributed by atoms with Crippen molar-refractivity contribution in [3.63, 3.8) is 0 Å². The predicted octanol–water partition coefficient (Wildman–Crippen LogP) is 2.40. The molecular weight excluding hydrogens is 352 g/mol. The van der Waals surface area contributed by atoms with Gasteiger partial charge >= 0.3 is 0 Å². The molecule has 0 radical (unpaired) electrons. The summed E-state index contributed by atoms with van der Waals surface area (Å²) in [5, 5.41) is 19.5. The molecule has 4 N–H and O–H groups in total. The summed E-state index contributed by atoms with van der Waals surface area (Å²) in [5.74, 6) is 0.589. The van der Waals surface area contributed by atoms with E-state index in [1.54, 1.807) is 6.07 Å². The van der Waals surface area contributed by atoms with E-state index in [1.807, 2.05) is 62.4 Å². The average molecular weight is 383 g/mol. The van der Waals surface area contributed by atoms with Gasteiger partial charge in [-0.05, 0) is 38.0 Å². The molecule has 1 atom stereocenters. The first kappa shape index (κ1) is 21.4. The van der Waals surface area contributed by atoms with Crippen LogP contribution in [0.3, 0.4) is 0 Å². The number of aliphatic imine (C=N–C) groups is 1. The number of nitrogens with one attached hydrogen (secondary N) is 3. The lowest BCUT2D eigenvalue weighted by molar-refractivity contribution is 0.0954. The van der Waals surface area contributed by atoms with Crippen LogP contribution in [0.5, 0.6) is 0 Å². The summed E-state index contributed by atoms with van der Waals surface area (Å²) in [6.45, 7) is 6.25. The topological polar surface area (TPSA) is 85.8 Å². The fraction of sp³-hybridized carbons (Fsp3) is 0.364. The van der Waals surface area contributed by atoms with E-state index in [4.69, 9.17) is 0 Å². The van der Waals surface area contributed by atoms with Crippen molar-refractivity contribution in [2.75, 3.05) is 26.2 Å². The van der Waals surface area contributed by atoms with Crippen LogP contribution < -0.4 is 16.0 Å². The third-order valence-electron chi connectivity index (χ3n) is 4.18. The Balaban J connectivity index is 1.74. The van der Waals surface area contributed by atoms with Crippen molar-refractivity contribution in [1.82, 2.24) is 16.0 Å². The number of carbonyl (C=O) groups is 1. The van der Waals surface area contributed by atoms with Gasteiger partial charge in [-0.2, -0.15) is 0 Å². The smallest absolute Gasteiger partial charge is 0.251 e. The van der Waals surface area contributed by atoms with Crippen LogP contribution in [0.4, 0.5) is 0 Å². The molecule has 0 spiro atoms. The summed E-state index contributed by atoms with van der Waals surface area (Å²) in [7, 11) is 0. The van der Waals surface area contributed by atoms with Crippen molar-refractivity contribution in [3.05, 3.63) is 71.3 Å². The number of hydrogen-bond acceptors (Lipinski definition) is 3. The van der Waals surface area contributed by atoms with Gasteiger partial charge in [-0.1, -0.05) is 48.0 Å². The third kappa shape index (κ3) is 7.40. The van der Waals surface area contributed by atoms with E-state index in [9.17, 15) is 9.90 Å². The first-order valence-electron chi connectivity index (χ1n) is 9.70. The first-order valence-corrected chi connectivity index (χ1v) is 9.70. The number of guanidine groups is 1. The Bertz CT molecular complexity index is 762. The van der Waals surface area contributed by atoms with Crippen LogP contribution in [-0.2, 0) is 0 Å². The highest BCUT2D eigenvalue weighted by Gasteiger charge is 2.07. The standard InChI is InChI=1S/C22H30N4O2/c1-3-23-22(25-13-12-20(27)18-9-5-4-6-10-18)26-15-14-24-21(28)19-11-7-8-17(2)16-19/h4-11,16,20,27H,3,12-15H2,1-2H3,(H,24,28)(H2,23,25,26). The molecule has 0 saturated carbocycles. The van der Waals surface area contributed by atoms with Gasteiger partial charge in [0.25, 0.3) is 5.91 Å². The molecule has 2 rings (SSSR count). The molecule has 150 valence electrons. The van der Waals surface area contributed by atoms with E-state index in [-0.39, 0.29) is 5.91 Å². The van der Waals surface area contributed by atoms with Gasteiger partial charge in [0.05, 0.1) is 6.10 Å². The second-order valence-corrected chi connectivity index (χ2v) is 6.53. The lowest BCUT2D eigenvalue weighted by Gasteiger charge is -2.13. The maximum absolute atomic E-state index is 12.1. The van der Waals surface area contributed by atoms with Crippen LogP contribution in [0.1, 0.15) is 40.9 Å². The molecule has 0 heterocycles. The molecule has 1 amide bonds. The Kier molecular flexibility index (Phi) is 9.01. The molecule has 28 heavy (non-hydrogen) atoms. The molecular formula is C22H30N4O2. The Morgan fingerprint density at radius 3 is 2.50 bits per heavy atom. The molecule has 2 aromatic carbocycles. The highest BCUT2D eigenvalue weighted by molar-refractivity contribution is 5.94. The van der Waals surface area contributed by atoms with E-state index >= 15 is 0 Å². The van der Waals surface area contributed by atoms with Crippen LogP contribution in [-0.4, -0.2) is 43.2 Å². The van der Waals surface area contributed by atoms with Crippen LogP contribution in [0.15, 0.2) is 59.6 Å². The van der Waals surface area contributed by atoms with E-state index < -0.39 is 6.10 Å². The van der Waals surface area contributed by atoms with Gasteiger partial charge in [-0.3, -0.25) is 9.79 Å². The summed E-state index contributed by atoms with van der Waals surface area (Å²) in [6, 6.07) is 17.1. The van der Waals surface area contributed by atoms with Crippen molar-refractivity contribution < 1.29 is 9.90 Å². The molecule has 0 aliphatic carbocycles. The van der Waals surface area contributed by atoms with Crippen molar-refractivity contribution in [3.8, 4) is 0 Å². The van der Waals surface area contributed by atoms with Crippen molar-refractivity contribution >= 4 is 11.9 Å². The van der Waals surface area contributed by atoms with E-state index in [2.05, 4.69) is 20.9 Å². The normalized spacial score (nSPS) is 12.3. The molecule has 0 aliphatic rings. The molecule has 0 bridgehead atoms. The van der Waals surface area contributed by atoms with Gasteiger partial charge in [0, 0.05) is 31.7 Å². The zero-order valence-electron chi connectivity index (χ0n) is 16.6. The number of carbonyl (C=O) groups excluding carboxylic acids is 1. The Morgan fingerprint density at radius 2 is 1.79 bits per heavy atom. The van der Waals surface area contributed by atoms with Gasteiger partial charge < -0.3 is 21.1 Å². The van der Waals surface area contributed by atoms with E-state index in [1.165, 1.54) is 0 Å². The number of benzene rings is 2. The molecule has 0 aromatic heterocycles. The second kappa shape index (κ2) is 11.8. The summed E-state index contributed by atoms with van der Waals surface area (Å²) in [4.78, 5) is 16.6. The quantitative estimate of drug-likeness (QED) is 0.305. The fourth-order valence-corrected chi connectivity index (χ4v) is 2.73. The van der Waals surface area contributed by atoms with Gasteiger partial charge in [0.1, 0.15) is 0 Å². The first-order chi connectivity index (χ1) is 13.6. The summed E-state index contributed by atoms with van der Waals surface area (Å²) >= 11 is 0. The minimum atomic E-state index is -0.526. The molecule has 1 unspecified atom stereocenters. The number of nitrogens with zero attached hydrogens (tertiary/aromatic N) is 1. The maximum Gasteiger partial charge on any atom is 0.251 e. The minimum absolute atomic E-state index is 0.0848. The third-order valence-corrected chi connectivity index (χ3v) is 4.18. The monoisotopic (exact) mass is 382 g/mol. The van der Waals surface area contributed by atoms with Crippen molar-refractivity contribution in [2.45, 2.75) is 26.4 Å². The largest absolute Gasteiger partial charge is 0.388 e. The number of aliphatic hydroxyl groups excluding tert-OH is 1. The summed E-state index contributed by atoms with van der Waals surface area (Å²) in [6.07, 6.45) is 0.0199. The Hall–Kier alpha value is -2.86. The van der Waals surface area contributed by atoms with Crippen LogP contribution in [0.25, 0.3) is 0 Å². The number of amides is 1. The molecule has 6 nitrogen and oxygen atoms in total.